The van der Waals surface area contributed by atoms with Crippen LogP contribution in [0.1, 0.15) is 23.3 Å². The summed E-state index contributed by atoms with van der Waals surface area (Å²) in [6.07, 6.45) is 3.05. The summed E-state index contributed by atoms with van der Waals surface area (Å²) in [4.78, 5) is 16.9. The summed E-state index contributed by atoms with van der Waals surface area (Å²) in [6, 6.07) is 7.87. The van der Waals surface area contributed by atoms with E-state index in [1.54, 1.807) is 22.9 Å². The zero-order valence-corrected chi connectivity index (χ0v) is 17.5. The van der Waals surface area contributed by atoms with Gasteiger partial charge in [-0.15, -0.1) is 0 Å². The number of nitrogens with zero attached hydrogens (tertiary/aromatic N) is 3. The first-order chi connectivity index (χ1) is 14.3. The summed E-state index contributed by atoms with van der Waals surface area (Å²) >= 11 is 6.10. The van der Waals surface area contributed by atoms with Crippen LogP contribution in [-0.2, 0) is 21.3 Å². The summed E-state index contributed by atoms with van der Waals surface area (Å²) in [5, 5.41) is 13.3. The van der Waals surface area contributed by atoms with E-state index in [1.807, 2.05) is 0 Å². The first-order valence-electron chi connectivity index (χ1n) is 9.35. The smallest absolute Gasteiger partial charge is 0.274 e. The molecule has 158 valence electrons. The van der Waals surface area contributed by atoms with Crippen molar-refractivity contribution in [1.29, 1.82) is 0 Å². The Hall–Kier alpha value is -2.53. The lowest BCUT2D eigenvalue weighted by molar-refractivity contribution is 0.0598. The van der Waals surface area contributed by atoms with Gasteiger partial charge in [0.15, 0.2) is 5.03 Å². The van der Waals surface area contributed by atoms with Crippen molar-refractivity contribution in [1.82, 2.24) is 14.8 Å². The van der Waals surface area contributed by atoms with Crippen molar-refractivity contribution in [3.8, 4) is 0 Å². The fourth-order valence-electron chi connectivity index (χ4n) is 3.49. The quantitative estimate of drug-likeness (QED) is 0.615. The van der Waals surface area contributed by atoms with Gasteiger partial charge in [-0.3, -0.25) is 9.48 Å². The Labute approximate surface area is 178 Å². The van der Waals surface area contributed by atoms with Crippen LogP contribution in [0.15, 0.2) is 41.6 Å². The average molecular weight is 450 g/mol. The van der Waals surface area contributed by atoms with Gasteiger partial charge in [-0.05, 0) is 43.0 Å². The molecule has 3 heterocycles. The van der Waals surface area contributed by atoms with Crippen LogP contribution in [0.25, 0.3) is 10.9 Å². The molecular formula is C19H20ClN5O4S. The zero-order valence-electron chi connectivity index (χ0n) is 15.9. The van der Waals surface area contributed by atoms with Crippen molar-refractivity contribution in [2.45, 2.75) is 24.4 Å². The summed E-state index contributed by atoms with van der Waals surface area (Å²) in [5.74, 6) is -0.0801. The predicted molar refractivity (Wildman–Crippen MR) is 112 cm³/mol. The Morgan fingerprint density at radius 3 is 2.77 bits per heavy atom. The number of fused-ring (bicyclic) bond motifs is 1. The maximum absolute atomic E-state index is 13.2. The number of benzene rings is 1. The van der Waals surface area contributed by atoms with E-state index in [4.69, 9.17) is 21.5 Å². The van der Waals surface area contributed by atoms with E-state index in [0.29, 0.717) is 47.3 Å². The van der Waals surface area contributed by atoms with Crippen LogP contribution in [0.4, 0.5) is 5.69 Å². The fourth-order valence-corrected chi connectivity index (χ4v) is 4.15. The van der Waals surface area contributed by atoms with Gasteiger partial charge >= 0.3 is 0 Å². The van der Waals surface area contributed by atoms with Crippen LogP contribution in [-0.4, -0.2) is 42.3 Å². The molecule has 11 heteroatoms. The maximum Gasteiger partial charge on any atom is 0.274 e. The molecule has 4 rings (SSSR count). The lowest BCUT2D eigenvalue weighted by Gasteiger charge is -2.22. The summed E-state index contributed by atoms with van der Waals surface area (Å²) in [5.41, 5.74) is 1.25. The number of ether oxygens (including phenoxy) is 1. The van der Waals surface area contributed by atoms with Crippen molar-refractivity contribution < 1.29 is 17.9 Å². The second-order valence-corrected chi connectivity index (χ2v) is 9.07. The molecule has 9 nitrogen and oxygen atoms in total. The molecule has 2 aromatic heterocycles. The van der Waals surface area contributed by atoms with Crippen molar-refractivity contribution in [2.75, 3.05) is 18.5 Å². The van der Waals surface area contributed by atoms with E-state index in [1.165, 1.54) is 18.3 Å². The molecular weight excluding hydrogens is 430 g/mol. The van der Waals surface area contributed by atoms with E-state index >= 15 is 0 Å². The van der Waals surface area contributed by atoms with E-state index < -0.39 is 15.9 Å². The van der Waals surface area contributed by atoms with E-state index in [-0.39, 0.29) is 10.7 Å². The van der Waals surface area contributed by atoms with Crippen LogP contribution in [0.3, 0.4) is 0 Å². The normalized spacial score (nSPS) is 15.4. The number of hydrogen-bond donors (Lipinski definition) is 2. The van der Waals surface area contributed by atoms with Crippen LogP contribution in [0.5, 0.6) is 0 Å². The van der Waals surface area contributed by atoms with E-state index in [2.05, 4.69) is 15.4 Å². The molecule has 1 aromatic carbocycles. The van der Waals surface area contributed by atoms with Crippen molar-refractivity contribution in [3.05, 3.63) is 47.2 Å². The average Bonchev–Trinajstić information content (AvgIpc) is 3.05. The number of pyridine rings is 1. The number of nitrogens with one attached hydrogen (secondary N) is 1. The molecule has 0 atom stereocenters. The Morgan fingerprint density at radius 1 is 1.27 bits per heavy atom. The van der Waals surface area contributed by atoms with Gasteiger partial charge in [0.25, 0.3) is 15.9 Å². The van der Waals surface area contributed by atoms with E-state index in [0.717, 1.165) is 12.8 Å². The van der Waals surface area contributed by atoms with Crippen LogP contribution < -0.4 is 10.5 Å². The molecule has 3 N–H and O–H groups in total. The third kappa shape index (κ3) is 4.46. The topological polar surface area (TPSA) is 129 Å². The lowest BCUT2D eigenvalue weighted by Crippen LogP contribution is -2.25. The number of amides is 1. The molecule has 0 aliphatic carbocycles. The Balaban J connectivity index is 1.69. The fraction of sp³-hybridized carbons (Fsp3) is 0.316. The van der Waals surface area contributed by atoms with Crippen molar-refractivity contribution >= 4 is 44.1 Å². The minimum absolute atomic E-state index is 0.264. The number of anilines is 1. The van der Waals surface area contributed by atoms with Gasteiger partial charge in [0.1, 0.15) is 5.69 Å². The number of sulfonamides is 1. The minimum atomic E-state index is -3.99. The van der Waals surface area contributed by atoms with Crippen LogP contribution in [0, 0.1) is 5.92 Å². The number of carbonyl (C=O) groups is 1. The van der Waals surface area contributed by atoms with Crippen molar-refractivity contribution in [3.63, 3.8) is 0 Å². The minimum Gasteiger partial charge on any atom is -0.381 e. The van der Waals surface area contributed by atoms with Gasteiger partial charge in [-0.1, -0.05) is 11.6 Å². The summed E-state index contributed by atoms with van der Waals surface area (Å²) in [6.45, 7) is 1.94. The molecule has 0 unspecified atom stereocenters. The molecule has 1 fully saturated rings. The number of carbonyl (C=O) groups excluding carboxylic acids is 1. The van der Waals surface area contributed by atoms with Gasteiger partial charge < -0.3 is 10.1 Å². The standard InChI is InChI=1S/C19H20ClN5O4S/c20-13-1-2-15-16(9-13)24-25(11-12-4-7-29-8-5-12)18(15)19(26)23-14-3-6-22-17(10-14)30(21,27)28/h1-3,6,9-10,12H,4-5,7-8,11H2,(H2,21,27,28)(H,22,23,26). The summed E-state index contributed by atoms with van der Waals surface area (Å²) in [7, 11) is -3.99. The largest absolute Gasteiger partial charge is 0.381 e. The zero-order chi connectivity index (χ0) is 21.3. The molecule has 1 aliphatic heterocycles. The first kappa shape index (κ1) is 20.7. The molecule has 0 spiro atoms. The first-order valence-corrected chi connectivity index (χ1v) is 11.3. The molecule has 1 aliphatic rings. The van der Waals surface area contributed by atoms with Crippen LogP contribution >= 0.6 is 11.6 Å². The number of nitrogens with two attached hydrogens (primary N) is 1. The Kier molecular flexibility index (Phi) is 5.74. The molecule has 30 heavy (non-hydrogen) atoms. The van der Waals surface area contributed by atoms with Gasteiger partial charge in [0.2, 0.25) is 0 Å². The Bertz CT molecular complexity index is 1200. The number of aromatic nitrogens is 3. The van der Waals surface area contributed by atoms with Crippen LogP contribution in [0.2, 0.25) is 5.02 Å². The third-order valence-electron chi connectivity index (χ3n) is 4.97. The van der Waals surface area contributed by atoms with Gasteiger partial charge in [-0.2, -0.15) is 5.10 Å². The second-order valence-electron chi connectivity index (χ2n) is 7.13. The molecule has 0 bridgehead atoms. The SMILES string of the molecule is NS(=O)(=O)c1cc(NC(=O)c2c3ccc(Cl)cc3nn2CC2CCOCC2)ccn1. The number of primary sulfonamides is 1. The van der Waals surface area contributed by atoms with Gasteiger partial charge in [0, 0.05) is 48.1 Å². The highest BCUT2D eigenvalue weighted by Gasteiger charge is 2.23. The van der Waals surface area contributed by atoms with Gasteiger partial charge in [-0.25, -0.2) is 18.5 Å². The summed E-state index contributed by atoms with van der Waals surface area (Å²) < 4.78 is 30.2. The number of rotatable bonds is 5. The maximum atomic E-state index is 13.2. The molecule has 0 saturated carbocycles. The molecule has 1 amide bonds. The number of hydrogen-bond acceptors (Lipinski definition) is 6. The highest BCUT2D eigenvalue weighted by molar-refractivity contribution is 7.89. The molecule has 3 aromatic rings. The Morgan fingerprint density at radius 2 is 2.03 bits per heavy atom. The van der Waals surface area contributed by atoms with E-state index in [9.17, 15) is 13.2 Å². The highest BCUT2D eigenvalue weighted by atomic mass is 35.5. The molecule has 0 radical (unpaired) electrons. The molecule has 1 saturated heterocycles. The van der Waals surface area contributed by atoms with Gasteiger partial charge in [0.05, 0.1) is 5.52 Å². The predicted octanol–water partition coefficient (Wildman–Crippen LogP) is 2.41. The third-order valence-corrected chi connectivity index (χ3v) is 6.01. The second kappa shape index (κ2) is 8.31. The number of halogens is 1. The lowest BCUT2D eigenvalue weighted by atomic mass is 10.0. The monoisotopic (exact) mass is 449 g/mol. The highest BCUT2D eigenvalue weighted by Crippen LogP contribution is 2.26. The van der Waals surface area contributed by atoms with Crippen molar-refractivity contribution in [2.24, 2.45) is 11.1 Å².